The van der Waals surface area contributed by atoms with Crippen molar-refractivity contribution in [3.05, 3.63) is 93.5 Å². The summed E-state index contributed by atoms with van der Waals surface area (Å²) in [7, 11) is -3.97. The van der Waals surface area contributed by atoms with Crippen LogP contribution in [0.5, 0.6) is 0 Å². The van der Waals surface area contributed by atoms with Crippen molar-refractivity contribution in [1.29, 1.82) is 0 Å². The third-order valence-electron chi connectivity index (χ3n) is 5.34. The summed E-state index contributed by atoms with van der Waals surface area (Å²) in [5.74, 6) is -0.339. The van der Waals surface area contributed by atoms with E-state index in [9.17, 15) is 13.2 Å². The predicted octanol–water partition coefficient (Wildman–Crippen LogP) is 5.43. The molecule has 32 heavy (non-hydrogen) atoms. The van der Waals surface area contributed by atoms with Crippen LogP contribution in [-0.4, -0.2) is 20.9 Å². The number of hydrogen-bond acceptors (Lipinski definition) is 3. The Morgan fingerprint density at radius 2 is 1.72 bits per heavy atom. The Labute approximate surface area is 194 Å². The van der Waals surface area contributed by atoms with Gasteiger partial charge in [0, 0.05) is 12.1 Å². The van der Waals surface area contributed by atoms with Crippen molar-refractivity contribution in [3.8, 4) is 0 Å². The van der Waals surface area contributed by atoms with E-state index in [2.05, 4.69) is 22.2 Å². The molecule has 0 heterocycles. The predicted molar refractivity (Wildman–Crippen MR) is 130 cm³/mol. The second-order valence-electron chi connectivity index (χ2n) is 7.85. The van der Waals surface area contributed by atoms with Gasteiger partial charge >= 0.3 is 0 Å². The van der Waals surface area contributed by atoms with Crippen LogP contribution < -0.4 is 10.0 Å². The standard InChI is InChI=1S/C25H27ClN2O3S/c1-17-7-4-9-20(15-17)10-6-14-27-25(29)21-12-13-22(26)24(16-21)32(30,31)28-23-11-5-8-18(2)19(23)3/h4-5,7-9,11-13,15-16,28H,6,10,14H2,1-3H3,(H,27,29). The molecule has 3 rings (SSSR count). The summed E-state index contributed by atoms with van der Waals surface area (Å²) in [5.41, 5.74) is 4.94. The molecule has 168 valence electrons. The van der Waals surface area contributed by atoms with Crippen molar-refractivity contribution < 1.29 is 13.2 Å². The zero-order valence-electron chi connectivity index (χ0n) is 18.4. The molecule has 0 atom stereocenters. The van der Waals surface area contributed by atoms with Crippen LogP contribution in [0.4, 0.5) is 5.69 Å². The van der Waals surface area contributed by atoms with Crippen molar-refractivity contribution in [2.75, 3.05) is 11.3 Å². The maximum Gasteiger partial charge on any atom is 0.263 e. The fourth-order valence-corrected chi connectivity index (χ4v) is 5.03. The number of sulfonamides is 1. The van der Waals surface area contributed by atoms with Crippen molar-refractivity contribution in [2.45, 2.75) is 38.5 Å². The molecule has 0 saturated heterocycles. The molecule has 0 unspecified atom stereocenters. The lowest BCUT2D eigenvalue weighted by Crippen LogP contribution is -2.25. The normalized spacial score (nSPS) is 11.2. The number of carbonyl (C=O) groups excluding carboxylic acids is 1. The van der Waals surface area contributed by atoms with Crippen LogP contribution in [0.2, 0.25) is 5.02 Å². The van der Waals surface area contributed by atoms with E-state index >= 15 is 0 Å². The van der Waals surface area contributed by atoms with Gasteiger partial charge in [-0.05, 0) is 74.6 Å². The Morgan fingerprint density at radius 3 is 2.47 bits per heavy atom. The molecular weight excluding hydrogens is 444 g/mol. The number of halogens is 1. The third-order valence-corrected chi connectivity index (χ3v) is 7.19. The first-order valence-electron chi connectivity index (χ1n) is 10.4. The first-order valence-corrected chi connectivity index (χ1v) is 12.3. The molecule has 1 amide bonds. The highest BCUT2D eigenvalue weighted by atomic mass is 35.5. The zero-order valence-corrected chi connectivity index (χ0v) is 20.0. The van der Waals surface area contributed by atoms with Gasteiger partial charge in [-0.15, -0.1) is 0 Å². The van der Waals surface area contributed by atoms with Crippen LogP contribution in [0.3, 0.4) is 0 Å². The molecule has 0 aromatic heterocycles. The van der Waals surface area contributed by atoms with Gasteiger partial charge < -0.3 is 5.32 Å². The van der Waals surface area contributed by atoms with Crippen LogP contribution in [0, 0.1) is 20.8 Å². The Bertz CT molecular complexity index is 1240. The maximum absolute atomic E-state index is 13.0. The third kappa shape index (κ3) is 5.90. The van der Waals surface area contributed by atoms with E-state index in [0.29, 0.717) is 12.2 Å². The minimum absolute atomic E-state index is 0.0544. The molecular formula is C25H27ClN2O3S. The SMILES string of the molecule is Cc1cccc(CCCNC(=O)c2ccc(Cl)c(S(=O)(=O)Nc3cccc(C)c3C)c2)c1. The van der Waals surface area contributed by atoms with Gasteiger partial charge in [0.25, 0.3) is 15.9 Å². The van der Waals surface area contributed by atoms with E-state index in [1.165, 1.54) is 29.3 Å². The Balaban J connectivity index is 1.68. The van der Waals surface area contributed by atoms with Crippen molar-refractivity contribution in [1.82, 2.24) is 5.32 Å². The molecule has 0 aliphatic rings. The van der Waals surface area contributed by atoms with Gasteiger partial charge in [0.05, 0.1) is 10.7 Å². The molecule has 0 saturated carbocycles. The van der Waals surface area contributed by atoms with Crippen molar-refractivity contribution in [2.24, 2.45) is 0 Å². The Kier molecular flexibility index (Phi) is 7.59. The molecule has 0 aliphatic heterocycles. The van der Waals surface area contributed by atoms with E-state index in [1.54, 1.807) is 12.1 Å². The van der Waals surface area contributed by atoms with Crippen LogP contribution in [0.25, 0.3) is 0 Å². The number of nitrogens with one attached hydrogen (secondary N) is 2. The maximum atomic E-state index is 13.0. The molecule has 3 aromatic carbocycles. The molecule has 0 fully saturated rings. The summed E-state index contributed by atoms with van der Waals surface area (Å²) in [4.78, 5) is 12.5. The second-order valence-corrected chi connectivity index (χ2v) is 9.90. The smallest absolute Gasteiger partial charge is 0.263 e. The number of carbonyl (C=O) groups is 1. The topological polar surface area (TPSA) is 75.3 Å². The van der Waals surface area contributed by atoms with E-state index in [-0.39, 0.29) is 21.4 Å². The van der Waals surface area contributed by atoms with Crippen LogP contribution in [0.15, 0.2) is 65.6 Å². The van der Waals surface area contributed by atoms with Gasteiger partial charge in [-0.1, -0.05) is 53.6 Å². The lowest BCUT2D eigenvalue weighted by atomic mass is 10.1. The van der Waals surface area contributed by atoms with Gasteiger partial charge in [0.15, 0.2) is 0 Å². The van der Waals surface area contributed by atoms with Gasteiger partial charge in [-0.2, -0.15) is 0 Å². The summed E-state index contributed by atoms with van der Waals surface area (Å²) >= 11 is 6.18. The number of benzene rings is 3. The molecule has 0 aliphatic carbocycles. The van der Waals surface area contributed by atoms with E-state index < -0.39 is 10.0 Å². The highest BCUT2D eigenvalue weighted by Crippen LogP contribution is 2.27. The van der Waals surface area contributed by atoms with Gasteiger partial charge in [-0.3, -0.25) is 9.52 Å². The lowest BCUT2D eigenvalue weighted by Gasteiger charge is -2.14. The lowest BCUT2D eigenvalue weighted by molar-refractivity contribution is 0.0953. The highest BCUT2D eigenvalue weighted by molar-refractivity contribution is 7.92. The van der Waals surface area contributed by atoms with Crippen molar-refractivity contribution in [3.63, 3.8) is 0 Å². The van der Waals surface area contributed by atoms with Gasteiger partial charge in [-0.25, -0.2) is 8.42 Å². The minimum atomic E-state index is -3.97. The van der Waals surface area contributed by atoms with Crippen LogP contribution in [-0.2, 0) is 16.4 Å². The summed E-state index contributed by atoms with van der Waals surface area (Å²) in [5, 5.41) is 2.91. The molecule has 5 nitrogen and oxygen atoms in total. The first-order chi connectivity index (χ1) is 15.2. The molecule has 0 bridgehead atoms. The molecule has 0 spiro atoms. The van der Waals surface area contributed by atoms with E-state index in [0.717, 1.165) is 24.0 Å². The average molecular weight is 471 g/mol. The summed E-state index contributed by atoms with van der Waals surface area (Å²) < 4.78 is 28.5. The van der Waals surface area contributed by atoms with Gasteiger partial charge in [0.1, 0.15) is 4.90 Å². The first kappa shape index (κ1) is 23.8. The van der Waals surface area contributed by atoms with Gasteiger partial charge in [0.2, 0.25) is 0 Å². The highest BCUT2D eigenvalue weighted by Gasteiger charge is 2.21. The monoisotopic (exact) mass is 470 g/mol. The number of rotatable bonds is 8. The Morgan fingerprint density at radius 1 is 0.969 bits per heavy atom. The summed E-state index contributed by atoms with van der Waals surface area (Å²) in [6, 6.07) is 17.9. The molecule has 2 N–H and O–H groups in total. The zero-order chi connectivity index (χ0) is 23.3. The largest absolute Gasteiger partial charge is 0.352 e. The number of amides is 1. The second kappa shape index (κ2) is 10.2. The average Bonchev–Trinajstić information content (AvgIpc) is 2.74. The summed E-state index contributed by atoms with van der Waals surface area (Å²) in [6.07, 6.45) is 1.63. The molecule has 0 radical (unpaired) electrons. The minimum Gasteiger partial charge on any atom is -0.352 e. The Hall–Kier alpha value is -2.83. The number of anilines is 1. The number of hydrogen-bond donors (Lipinski definition) is 2. The number of aryl methyl sites for hydroxylation is 3. The van der Waals surface area contributed by atoms with Crippen LogP contribution >= 0.6 is 11.6 Å². The quantitative estimate of drug-likeness (QED) is 0.431. The molecule has 7 heteroatoms. The van der Waals surface area contributed by atoms with E-state index in [4.69, 9.17) is 11.6 Å². The van der Waals surface area contributed by atoms with Crippen molar-refractivity contribution >= 4 is 33.2 Å². The fraction of sp³-hybridized carbons (Fsp3) is 0.240. The summed E-state index contributed by atoms with van der Waals surface area (Å²) in [6.45, 7) is 6.28. The van der Waals surface area contributed by atoms with Crippen LogP contribution in [0.1, 0.15) is 39.0 Å². The molecule has 3 aromatic rings. The fourth-order valence-electron chi connectivity index (χ4n) is 3.38. The van der Waals surface area contributed by atoms with E-state index in [1.807, 2.05) is 39.0 Å².